The Balaban J connectivity index is 1.60. The number of aliphatic hydroxyl groups is 1. The first-order valence-corrected chi connectivity index (χ1v) is 11.4. The molecule has 160 valence electrons. The molecule has 1 N–H and O–H groups in total. The quantitative estimate of drug-likeness (QED) is 0.598. The van der Waals surface area contributed by atoms with Crippen LogP contribution in [0.3, 0.4) is 0 Å². The number of fused-ring (bicyclic) bond motifs is 1. The van der Waals surface area contributed by atoms with Crippen LogP contribution in [0.15, 0.2) is 36.4 Å². The molecule has 1 aromatic heterocycles. The normalized spacial score (nSPS) is 13.8. The Bertz CT molecular complexity index is 1100. The van der Waals surface area contributed by atoms with Crippen LogP contribution in [-0.2, 0) is 13.0 Å². The van der Waals surface area contributed by atoms with Gasteiger partial charge in [0, 0.05) is 37.4 Å². The molecule has 3 aromatic rings. The van der Waals surface area contributed by atoms with Crippen molar-refractivity contribution in [1.29, 1.82) is 5.26 Å². The molecule has 6 nitrogen and oxygen atoms in total. The summed E-state index contributed by atoms with van der Waals surface area (Å²) in [5.74, 6) is 0.592. The Morgan fingerprint density at radius 2 is 2.06 bits per heavy atom. The van der Waals surface area contributed by atoms with E-state index in [-0.39, 0.29) is 12.7 Å². The lowest BCUT2D eigenvalue weighted by atomic mass is 9.94. The minimum Gasteiger partial charge on any atom is -0.490 e. The monoisotopic (exact) mass is 434 g/mol. The largest absolute Gasteiger partial charge is 0.490 e. The summed E-state index contributed by atoms with van der Waals surface area (Å²) in [6, 6.07) is 14.2. The fraction of sp³-hybridized carbons (Fsp3) is 0.375. The van der Waals surface area contributed by atoms with Gasteiger partial charge in [0.1, 0.15) is 21.8 Å². The third kappa shape index (κ3) is 4.77. The van der Waals surface area contributed by atoms with Crippen LogP contribution in [0.25, 0.3) is 21.1 Å². The van der Waals surface area contributed by atoms with Crippen molar-refractivity contribution in [2.75, 3.05) is 19.7 Å². The highest BCUT2D eigenvalue weighted by molar-refractivity contribution is 7.17. The topological polar surface area (TPSA) is 82.3 Å². The number of aliphatic hydroxyl groups excluding tert-OH is 1. The van der Waals surface area contributed by atoms with Crippen molar-refractivity contribution in [3.8, 4) is 33.0 Å². The third-order valence-electron chi connectivity index (χ3n) is 5.34. The number of aromatic nitrogens is 2. The minimum absolute atomic E-state index is 0.00917. The lowest BCUT2D eigenvalue weighted by molar-refractivity contribution is 0.212. The maximum atomic E-state index is 9.51. The van der Waals surface area contributed by atoms with E-state index < -0.39 is 0 Å². The summed E-state index contributed by atoms with van der Waals surface area (Å²) >= 11 is 1.55. The molecule has 0 amide bonds. The Morgan fingerprint density at radius 3 is 2.84 bits per heavy atom. The van der Waals surface area contributed by atoms with Crippen LogP contribution >= 0.6 is 11.3 Å². The van der Waals surface area contributed by atoms with Crippen LogP contribution in [0.1, 0.15) is 37.0 Å². The number of hydrogen-bond donors (Lipinski definition) is 1. The highest BCUT2D eigenvalue weighted by atomic mass is 32.1. The Kier molecular flexibility index (Phi) is 6.62. The lowest BCUT2D eigenvalue weighted by Crippen LogP contribution is -2.32. The maximum absolute atomic E-state index is 9.51. The molecule has 0 radical (unpaired) electrons. The van der Waals surface area contributed by atoms with Gasteiger partial charge in [0.05, 0.1) is 11.7 Å². The average molecular weight is 435 g/mol. The molecular weight excluding hydrogens is 408 g/mol. The first-order valence-electron chi connectivity index (χ1n) is 10.6. The molecule has 0 unspecified atom stereocenters. The van der Waals surface area contributed by atoms with E-state index >= 15 is 0 Å². The van der Waals surface area contributed by atoms with Crippen molar-refractivity contribution in [2.45, 2.75) is 39.3 Å². The van der Waals surface area contributed by atoms with Gasteiger partial charge in [0.2, 0.25) is 0 Å². The van der Waals surface area contributed by atoms with Crippen molar-refractivity contribution in [3.63, 3.8) is 0 Å². The second kappa shape index (κ2) is 9.56. The number of nitriles is 1. The summed E-state index contributed by atoms with van der Waals surface area (Å²) in [5.41, 5.74) is 5.17. The molecule has 2 heterocycles. The fourth-order valence-electron chi connectivity index (χ4n) is 3.91. The number of nitrogens with zero attached hydrogens (tertiary/aromatic N) is 4. The predicted molar refractivity (Wildman–Crippen MR) is 122 cm³/mol. The molecule has 31 heavy (non-hydrogen) atoms. The van der Waals surface area contributed by atoms with Crippen molar-refractivity contribution in [1.82, 2.24) is 15.1 Å². The molecule has 0 aliphatic carbocycles. The molecule has 0 saturated heterocycles. The van der Waals surface area contributed by atoms with Crippen LogP contribution in [0.4, 0.5) is 0 Å². The number of hydrogen-bond acceptors (Lipinski definition) is 7. The van der Waals surface area contributed by atoms with Crippen molar-refractivity contribution in [3.05, 3.63) is 53.1 Å². The molecule has 0 fully saturated rings. The van der Waals surface area contributed by atoms with E-state index in [1.165, 1.54) is 11.1 Å². The Labute approximate surface area is 186 Å². The molecule has 0 spiro atoms. The first kappa shape index (κ1) is 21.4. The van der Waals surface area contributed by atoms with E-state index in [1.807, 2.05) is 32.0 Å². The maximum Gasteiger partial charge on any atom is 0.148 e. The summed E-state index contributed by atoms with van der Waals surface area (Å²) in [6.07, 6.45) is 1.78. The smallest absolute Gasteiger partial charge is 0.148 e. The molecule has 4 rings (SSSR count). The summed E-state index contributed by atoms with van der Waals surface area (Å²) in [4.78, 5) is 2.39. The second-order valence-electron chi connectivity index (χ2n) is 7.95. The summed E-state index contributed by atoms with van der Waals surface area (Å²) in [5, 5.41) is 29.2. The highest BCUT2D eigenvalue weighted by Gasteiger charge is 2.21. The van der Waals surface area contributed by atoms with Crippen molar-refractivity contribution in [2.24, 2.45) is 0 Å². The number of rotatable bonds is 7. The van der Waals surface area contributed by atoms with Gasteiger partial charge < -0.3 is 9.84 Å². The van der Waals surface area contributed by atoms with Crippen molar-refractivity contribution >= 4 is 11.3 Å². The van der Waals surface area contributed by atoms with Gasteiger partial charge in [-0.2, -0.15) is 5.26 Å². The van der Waals surface area contributed by atoms with Crippen LogP contribution in [0.2, 0.25) is 0 Å². The van der Waals surface area contributed by atoms with Gasteiger partial charge in [0.25, 0.3) is 0 Å². The molecule has 0 bridgehead atoms. The van der Waals surface area contributed by atoms with Crippen LogP contribution in [-0.4, -0.2) is 46.0 Å². The Morgan fingerprint density at radius 1 is 1.23 bits per heavy atom. The summed E-state index contributed by atoms with van der Waals surface area (Å²) < 4.78 is 5.72. The zero-order valence-electron chi connectivity index (χ0n) is 17.8. The minimum atomic E-state index is 0.00917. The Hall–Kier alpha value is -2.79. The zero-order chi connectivity index (χ0) is 21.8. The van der Waals surface area contributed by atoms with E-state index in [1.54, 1.807) is 11.3 Å². The molecule has 2 aromatic carbocycles. The van der Waals surface area contributed by atoms with Crippen molar-refractivity contribution < 1.29 is 9.84 Å². The van der Waals surface area contributed by atoms with Gasteiger partial charge >= 0.3 is 0 Å². The van der Waals surface area contributed by atoms with Gasteiger partial charge in [-0.25, -0.2) is 0 Å². The number of benzene rings is 2. The van der Waals surface area contributed by atoms with E-state index in [9.17, 15) is 5.26 Å². The summed E-state index contributed by atoms with van der Waals surface area (Å²) in [7, 11) is 0. The molecule has 0 saturated carbocycles. The first-order chi connectivity index (χ1) is 15.1. The molecule has 7 heteroatoms. The van der Waals surface area contributed by atoms with Gasteiger partial charge in [-0.3, -0.25) is 4.90 Å². The standard InChI is InChI=1S/C24H26N4O2S/c1-16(2)30-22-8-7-17(13-19(22)14-25)23-26-27-24(31-23)21-6-3-5-18-15-28(10-4-12-29)11-9-20(18)21/h3,5-8,13,16,29H,4,9-12,15H2,1-2H3. The third-order valence-corrected chi connectivity index (χ3v) is 6.35. The predicted octanol–water partition coefficient (Wildman–Crippen LogP) is 4.27. The molecular formula is C24H26N4O2S. The average Bonchev–Trinajstić information content (AvgIpc) is 3.27. The zero-order valence-corrected chi connectivity index (χ0v) is 18.7. The molecule has 0 atom stereocenters. The van der Waals surface area contributed by atoms with E-state index in [2.05, 4.69) is 39.4 Å². The van der Waals surface area contributed by atoms with Gasteiger partial charge in [0.15, 0.2) is 0 Å². The molecule has 1 aliphatic heterocycles. The second-order valence-corrected chi connectivity index (χ2v) is 8.93. The fourth-order valence-corrected chi connectivity index (χ4v) is 4.80. The van der Waals surface area contributed by atoms with Gasteiger partial charge in [-0.05, 0) is 56.0 Å². The SMILES string of the molecule is CC(C)Oc1ccc(-c2nnc(-c3cccc4c3CCN(CCCO)C4)s2)cc1C#N. The van der Waals surface area contributed by atoms with Crippen LogP contribution in [0.5, 0.6) is 5.75 Å². The molecule has 1 aliphatic rings. The number of ether oxygens (including phenoxy) is 1. The lowest BCUT2D eigenvalue weighted by Gasteiger charge is -2.29. The van der Waals surface area contributed by atoms with E-state index in [0.717, 1.165) is 53.6 Å². The highest BCUT2D eigenvalue weighted by Crippen LogP contribution is 2.36. The van der Waals surface area contributed by atoms with Crippen LogP contribution in [0, 0.1) is 11.3 Å². The van der Waals surface area contributed by atoms with Crippen LogP contribution < -0.4 is 4.74 Å². The summed E-state index contributed by atoms with van der Waals surface area (Å²) in [6.45, 7) is 6.92. The van der Waals surface area contributed by atoms with E-state index in [0.29, 0.717) is 11.3 Å². The van der Waals surface area contributed by atoms with E-state index in [4.69, 9.17) is 9.84 Å². The van der Waals surface area contributed by atoms with Gasteiger partial charge in [-0.15, -0.1) is 10.2 Å². The van der Waals surface area contributed by atoms with Gasteiger partial charge in [-0.1, -0.05) is 29.5 Å².